The number of benzene rings is 2. The van der Waals surface area contributed by atoms with Crippen LogP contribution in [-0.4, -0.2) is 27.7 Å². The number of halogens is 3. The Balaban J connectivity index is 1.62. The lowest BCUT2D eigenvalue weighted by Crippen LogP contribution is -2.44. The van der Waals surface area contributed by atoms with Crippen molar-refractivity contribution in [2.45, 2.75) is 25.7 Å². The van der Waals surface area contributed by atoms with E-state index in [1.807, 2.05) is 54.4 Å². The summed E-state index contributed by atoms with van der Waals surface area (Å²) < 4.78 is 46.9. The molecule has 0 aliphatic carbocycles. The molecule has 4 nitrogen and oxygen atoms in total. The Morgan fingerprint density at radius 1 is 1.10 bits per heavy atom. The van der Waals surface area contributed by atoms with Gasteiger partial charge in [-0.25, -0.2) is 0 Å². The average Bonchev–Trinajstić information content (AvgIpc) is 3.22. The molecule has 2 heterocycles. The van der Waals surface area contributed by atoms with Gasteiger partial charge in [0.05, 0.1) is 18.2 Å². The minimum Gasteiger partial charge on any atom is -0.494 e. The highest BCUT2D eigenvalue weighted by atomic mass is 32.1. The van der Waals surface area contributed by atoms with Crippen molar-refractivity contribution in [2.24, 2.45) is 0 Å². The van der Waals surface area contributed by atoms with Gasteiger partial charge in [0.2, 0.25) is 0 Å². The number of hydrogen-bond acceptors (Lipinski definition) is 2. The third-order valence-corrected chi connectivity index (χ3v) is 5.58. The number of thiocarbonyl (C=S) groups is 1. The monoisotopic (exact) mass is 445 g/mol. The van der Waals surface area contributed by atoms with Crippen molar-refractivity contribution in [1.29, 1.82) is 0 Å². The first kappa shape index (κ1) is 21.2. The summed E-state index contributed by atoms with van der Waals surface area (Å²) in [4.78, 5) is 2.01. The largest absolute Gasteiger partial charge is 0.494 e. The van der Waals surface area contributed by atoms with E-state index in [9.17, 15) is 13.2 Å². The minimum absolute atomic E-state index is 0.162. The molecule has 0 fully saturated rings. The Bertz CT molecular complexity index is 1060. The van der Waals surface area contributed by atoms with Crippen molar-refractivity contribution in [3.63, 3.8) is 0 Å². The number of nitrogens with zero attached hydrogens (tertiary/aromatic N) is 2. The topological polar surface area (TPSA) is 29.4 Å². The molecule has 8 heteroatoms. The van der Waals surface area contributed by atoms with Gasteiger partial charge in [0.15, 0.2) is 5.11 Å². The van der Waals surface area contributed by atoms with Crippen LogP contribution in [0.2, 0.25) is 0 Å². The molecule has 4 rings (SSSR count). The van der Waals surface area contributed by atoms with E-state index in [0.717, 1.165) is 35.7 Å². The van der Waals surface area contributed by atoms with Crippen molar-refractivity contribution in [1.82, 2.24) is 9.47 Å². The van der Waals surface area contributed by atoms with Crippen molar-refractivity contribution >= 4 is 23.0 Å². The van der Waals surface area contributed by atoms with Crippen molar-refractivity contribution in [2.75, 3.05) is 18.5 Å². The molecule has 0 amide bonds. The molecule has 1 aromatic heterocycles. The smallest absolute Gasteiger partial charge is 0.416 e. The van der Waals surface area contributed by atoms with E-state index >= 15 is 0 Å². The summed E-state index contributed by atoms with van der Waals surface area (Å²) >= 11 is 5.64. The lowest BCUT2D eigenvalue weighted by molar-refractivity contribution is -0.137. The van der Waals surface area contributed by atoms with Gasteiger partial charge in [0.1, 0.15) is 5.75 Å². The van der Waals surface area contributed by atoms with Gasteiger partial charge in [-0.2, -0.15) is 13.2 Å². The van der Waals surface area contributed by atoms with Gasteiger partial charge in [-0.15, -0.1) is 0 Å². The summed E-state index contributed by atoms with van der Waals surface area (Å²) in [5.41, 5.74) is 1.70. The zero-order chi connectivity index (χ0) is 22.0. The van der Waals surface area contributed by atoms with Crippen LogP contribution in [-0.2, 0) is 12.7 Å². The third kappa shape index (κ3) is 4.54. The zero-order valence-corrected chi connectivity index (χ0v) is 17.7. The summed E-state index contributed by atoms with van der Waals surface area (Å²) in [6, 6.07) is 16.8. The molecule has 3 aromatic rings. The number of rotatable bonds is 4. The first-order valence-corrected chi connectivity index (χ1v) is 10.4. The maximum absolute atomic E-state index is 13.1. The van der Waals surface area contributed by atoms with Crippen LogP contribution in [0.3, 0.4) is 0 Å². The van der Waals surface area contributed by atoms with Gasteiger partial charge < -0.3 is 19.5 Å². The second-order valence-electron chi connectivity index (χ2n) is 7.23. The predicted molar refractivity (Wildman–Crippen MR) is 118 cm³/mol. The Hall–Kier alpha value is -3.00. The molecule has 0 spiro atoms. The quantitative estimate of drug-likeness (QED) is 0.521. The molecule has 1 aliphatic heterocycles. The Labute approximate surface area is 184 Å². The van der Waals surface area contributed by atoms with Crippen molar-refractivity contribution < 1.29 is 17.9 Å². The molecule has 162 valence electrons. The normalized spacial score (nSPS) is 16.0. The van der Waals surface area contributed by atoms with Gasteiger partial charge in [-0.1, -0.05) is 18.2 Å². The number of hydrogen-bond donors (Lipinski definition) is 1. The summed E-state index contributed by atoms with van der Waals surface area (Å²) in [5.74, 6) is 0.786. The van der Waals surface area contributed by atoms with Crippen molar-refractivity contribution in [3.8, 4) is 5.75 Å². The lowest BCUT2D eigenvalue weighted by atomic mass is 10.00. The van der Waals surface area contributed by atoms with Gasteiger partial charge in [0, 0.05) is 30.7 Å². The van der Waals surface area contributed by atoms with E-state index in [2.05, 4.69) is 9.88 Å². The van der Waals surface area contributed by atoms with E-state index in [0.29, 0.717) is 24.0 Å². The molecular formula is C23H22F3N3OS. The molecule has 31 heavy (non-hydrogen) atoms. The molecule has 1 N–H and O–H groups in total. The fraction of sp³-hybridized carbons (Fsp3) is 0.261. The van der Waals surface area contributed by atoms with Crippen LogP contribution in [0.15, 0.2) is 66.9 Å². The van der Waals surface area contributed by atoms with Gasteiger partial charge >= 0.3 is 6.18 Å². The number of anilines is 1. The maximum Gasteiger partial charge on any atom is 0.416 e. The maximum atomic E-state index is 13.1. The summed E-state index contributed by atoms with van der Waals surface area (Å²) in [7, 11) is 0. The second kappa shape index (κ2) is 8.63. The van der Waals surface area contributed by atoms with Crippen LogP contribution in [0.4, 0.5) is 18.9 Å². The number of alkyl halides is 3. The number of aromatic nitrogens is 1. The number of ether oxygens (including phenoxy) is 1. The number of nitrogens with one attached hydrogen (secondary N) is 1. The van der Waals surface area contributed by atoms with E-state index in [4.69, 9.17) is 17.0 Å². The molecule has 0 saturated heterocycles. The van der Waals surface area contributed by atoms with E-state index in [1.165, 1.54) is 6.07 Å². The SMILES string of the molecule is CCOc1ccc(C2c3cccn3CCN2C(=S)Nc2cccc(C(F)(F)F)c2)cc1. The summed E-state index contributed by atoms with van der Waals surface area (Å²) in [5, 5.41) is 3.38. The Morgan fingerprint density at radius 2 is 1.87 bits per heavy atom. The lowest BCUT2D eigenvalue weighted by Gasteiger charge is -2.39. The third-order valence-electron chi connectivity index (χ3n) is 5.25. The van der Waals surface area contributed by atoms with Crippen LogP contribution in [0.5, 0.6) is 5.75 Å². The van der Waals surface area contributed by atoms with Crippen molar-refractivity contribution in [3.05, 3.63) is 83.7 Å². The predicted octanol–water partition coefficient (Wildman–Crippen LogP) is 5.71. The minimum atomic E-state index is -4.41. The van der Waals surface area contributed by atoms with E-state index in [1.54, 1.807) is 6.07 Å². The molecular weight excluding hydrogens is 423 g/mol. The summed E-state index contributed by atoms with van der Waals surface area (Å²) in [6.45, 7) is 3.88. The van der Waals surface area contributed by atoms with Gasteiger partial charge in [-0.05, 0) is 67.2 Å². The molecule has 1 aliphatic rings. The standard InChI is InChI=1S/C23H22F3N3OS/c1-2-30-19-10-8-16(9-11-19)21-20-7-4-12-28(20)13-14-29(21)22(31)27-18-6-3-5-17(15-18)23(24,25)26/h3-12,15,21H,2,13-14H2,1H3,(H,27,31). The molecule has 1 unspecified atom stereocenters. The average molecular weight is 446 g/mol. The Kier molecular flexibility index (Phi) is 5.91. The van der Waals surface area contributed by atoms with E-state index in [-0.39, 0.29) is 6.04 Å². The van der Waals surface area contributed by atoms with Gasteiger partial charge in [0.25, 0.3) is 0 Å². The first-order valence-electron chi connectivity index (χ1n) is 9.99. The summed E-state index contributed by atoms with van der Waals surface area (Å²) in [6.07, 6.45) is -2.38. The molecule has 1 atom stereocenters. The first-order chi connectivity index (χ1) is 14.9. The molecule has 2 aromatic carbocycles. The number of fused-ring (bicyclic) bond motifs is 1. The van der Waals surface area contributed by atoms with E-state index < -0.39 is 11.7 Å². The molecule has 0 saturated carbocycles. The fourth-order valence-corrected chi connectivity index (χ4v) is 4.15. The van der Waals surface area contributed by atoms with Crippen LogP contribution in [0, 0.1) is 0 Å². The Morgan fingerprint density at radius 3 is 2.58 bits per heavy atom. The highest BCUT2D eigenvalue weighted by Gasteiger charge is 2.32. The second-order valence-corrected chi connectivity index (χ2v) is 7.62. The van der Waals surface area contributed by atoms with Gasteiger partial charge in [-0.3, -0.25) is 0 Å². The van der Waals surface area contributed by atoms with Crippen LogP contribution in [0.1, 0.15) is 29.8 Å². The highest BCUT2D eigenvalue weighted by Crippen LogP contribution is 2.35. The van der Waals surface area contributed by atoms with Crippen LogP contribution in [0.25, 0.3) is 0 Å². The molecule has 0 radical (unpaired) electrons. The molecule has 0 bridgehead atoms. The van der Waals surface area contributed by atoms with Crippen LogP contribution < -0.4 is 10.1 Å². The fourth-order valence-electron chi connectivity index (χ4n) is 3.83. The zero-order valence-electron chi connectivity index (χ0n) is 16.9. The van der Waals surface area contributed by atoms with Crippen LogP contribution >= 0.6 is 12.2 Å². The highest BCUT2D eigenvalue weighted by molar-refractivity contribution is 7.80.